The number of nitrogen functional groups attached to an aromatic ring is 1. The molecule has 0 atom stereocenters. The zero-order valence-electron chi connectivity index (χ0n) is 11.9. The molecule has 0 aliphatic carbocycles. The van der Waals surface area contributed by atoms with Crippen molar-refractivity contribution >= 4 is 21.4 Å². The van der Waals surface area contributed by atoms with Gasteiger partial charge in [-0.2, -0.15) is 0 Å². The van der Waals surface area contributed by atoms with Crippen LogP contribution in [-0.4, -0.2) is 22.0 Å². The van der Waals surface area contributed by atoms with E-state index in [1.54, 1.807) is 6.07 Å². The summed E-state index contributed by atoms with van der Waals surface area (Å²) in [6, 6.07) is 14.6. The first-order chi connectivity index (χ1) is 9.88. The van der Waals surface area contributed by atoms with Gasteiger partial charge in [-0.3, -0.25) is 0 Å². The van der Waals surface area contributed by atoms with Crippen molar-refractivity contribution in [1.82, 2.24) is 0 Å². The molecular weight excluding hydrogens is 286 g/mol. The predicted octanol–water partition coefficient (Wildman–Crippen LogP) is 1.60. The highest BCUT2D eigenvalue weighted by molar-refractivity contribution is 7.89. The number of likely N-dealkylation sites (N-methyl/N-ethyl adjacent to an activating group) is 1. The molecule has 0 aliphatic rings. The first-order valence-electron chi connectivity index (χ1n) is 6.55. The maximum Gasteiger partial charge on any atom is 0.238 e. The van der Waals surface area contributed by atoms with Crippen LogP contribution in [0.4, 0.5) is 11.4 Å². The van der Waals surface area contributed by atoms with E-state index >= 15 is 0 Å². The lowest BCUT2D eigenvalue weighted by Crippen LogP contribution is -2.22. The smallest absolute Gasteiger partial charge is 0.238 e. The highest BCUT2D eigenvalue weighted by Gasteiger charge is 2.12. The minimum absolute atomic E-state index is 0.0678. The molecule has 0 amide bonds. The molecular formula is C15H19N3O2S. The number of anilines is 2. The average Bonchev–Trinajstić information content (AvgIpc) is 2.45. The van der Waals surface area contributed by atoms with Crippen LogP contribution in [-0.2, 0) is 16.4 Å². The molecule has 0 spiro atoms. The summed E-state index contributed by atoms with van der Waals surface area (Å²) < 4.78 is 22.8. The average molecular weight is 305 g/mol. The van der Waals surface area contributed by atoms with Gasteiger partial charge in [0.05, 0.1) is 16.3 Å². The fourth-order valence-electron chi connectivity index (χ4n) is 2.09. The Morgan fingerprint density at radius 3 is 2.38 bits per heavy atom. The first-order valence-corrected chi connectivity index (χ1v) is 8.10. The fourth-order valence-corrected chi connectivity index (χ4v) is 2.63. The Kier molecular flexibility index (Phi) is 4.50. The van der Waals surface area contributed by atoms with Crippen LogP contribution < -0.4 is 15.8 Å². The molecule has 0 radical (unpaired) electrons. The van der Waals surface area contributed by atoms with E-state index in [1.165, 1.54) is 17.7 Å². The summed E-state index contributed by atoms with van der Waals surface area (Å²) in [5.74, 6) is 0. The normalized spacial score (nSPS) is 11.3. The number of sulfonamides is 1. The number of rotatable bonds is 5. The molecule has 0 unspecified atom stereocenters. The number of benzene rings is 2. The second-order valence-electron chi connectivity index (χ2n) is 4.92. The standard InChI is InChI=1S/C15H19N3O2S/c1-18(10-9-12-5-3-2-4-6-12)15-11-13(21(17,19)20)7-8-14(15)16/h2-8,11H,9-10,16H2,1H3,(H2,17,19,20). The molecule has 4 N–H and O–H groups in total. The van der Waals surface area contributed by atoms with E-state index < -0.39 is 10.0 Å². The van der Waals surface area contributed by atoms with Crippen molar-refractivity contribution in [2.24, 2.45) is 5.14 Å². The van der Waals surface area contributed by atoms with Gasteiger partial charge in [0.1, 0.15) is 0 Å². The Morgan fingerprint density at radius 1 is 1.10 bits per heavy atom. The Labute approximate surface area is 125 Å². The van der Waals surface area contributed by atoms with E-state index in [0.717, 1.165) is 13.0 Å². The van der Waals surface area contributed by atoms with Gasteiger partial charge in [-0.1, -0.05) is 30.3 Å². The largest absolute Gasteiger partial charge is 0.397 e. The molecule has 6 heteroatoms. The van der Waals surface area contributed by atoms with Crippen molar-refractivity contribution in [3.8, 4) is 0 Å². The van der Waals surface area contributed by atoms with Gasteiger partial charge in [-0.05, 0) is 30.2 Å². The van der Waals surface area contributed by atoms with Gasteiger partial charge in [0.15, 0.2) is 0 Å². The zero-order chi connectivity index (χ0) is 15.5. The maximum absolute atomic E-state index is 11.4. The number of hydrogen-bond acceptors (Lipinski definition) is 4. The molecule has 2 aromatic rings. The molecule has 2 aromatic carbocycles. The topological polar surface area (TPSA) is 89.4 Å². The van der Waals surface area contributed by atoms with E-state index in [9.17, 15) is 8.42 Å². The highest BCUT2D eigenvalue weighted by Crippen LogP contribution is 2.25. The van der Waals surface area contributed by atoms with Crippen LogP contribution in [0.1, 0.15) is 5.56 Å². The van der Waals surface area contributed by atoms with Crippen molar-refractivity contribution in [2.75, 3.05) is 24.2 Å². The monoisotopic (exact) mass is 305 g/mol. The fraction of sp³-hybridized carbons (Fsp3) is 0.200. The van der Waals surface area contributed by atoms with Crippen molar-refractivity contribution < 1.29 is 8.42 Å². The molecule has 21 heavy (non-hydrogen) atoms. The molecule has 0 heterocycles. The molecule has 0 saturated carbocycles. The van der Waals surface area contributed by atoms with Crippen molar-refractivity contribution in [3.63, 3.8) is 0 Å². The lowest BCUT2D eigenvalue weighted by atomic mass is 10.1. The summed E-state index contributed by atoms with van der Waals surface area (Å²) >= 11 is 0. The summed E-state index contributed by atoms with van der Waals surface area (Å²) in [6.45, 7) is 0.724. The SMILES string of the molecule is CN(CCc1ccccc1)c1cc(S(N)(=O)=O)ccc1N. The van der Waals surface area contributed by atoms with Gasteiger partial charge in [-0.25, -0.2) is 13.6 Å². The van der Waals surface area contributed by atoms with Gasteiger partial charge in [0.25, 0.3) is 0 Å². The van der Waals surface area contributed by atoms with Gasteiger partial charge < -0.3 is 10.6 Å². The van der Waals surface area contributed by atoms with Crippen LogP contribution in [0, 0.1) is 0 Å². The Balaban J connectivity index is 2.17. The molecule has 5 nitrogen and oxygen atoms in total. The van der Waals surface area contributed by atoms with E-state index in [0.29, 0.717) is 11.4 Å². The summed E-state index contributed by atoms with van der Waals surface area (Å²) in [7, 11) is -1.85. The molecule has 112 valence electrons. The molecule has 0 aromatic heterocycles. The van der Waals surface area contributed by atoms with Crippen LogP contribution in [0.25, 0.3) is 0 Å². The van der Waals surface area contributed by atoms with Gasteiger partial charge in [0.2, 0.25) is 10.0 Å². The third-order valence-electron chi connectivity index (χ3n) is 3.32. The van der Waals surface area contributed by atoms with Crippen LogP contribution in [0.2, 0.25) is 0 Å². The first kappa shape index (κ1) is 15.3. The minimum Gasteiger partial charge on any atom is -0.397 e. The molecule has 0 fully saturated rings. The van der Waals surface area contributed by atoms with E-state index in [-0.39, 0.29) is 4.90 Å². The van der Waals surface area contributed by atoms with Crippen molar-refractivity contribution in [3.05, 3.63) is 54.1 Å². The number of nitrogens with zero attached hydrogens (tertiary/aromatic N) is 1. The van der Waals surface area contributed by atoms with Crippen molar-refractivity contribution in [2.45, 2.75) is 11.3 Å². The van der Waals surface area contributed by atoms with Crippen LogP contribution in [0.3, 0.4) is 0 Å². The second kappa shape index (κ2) is 6.15. The summed E-state index contributed by atoms with van der Waals surface area (Å²) in [5.41, 5.74) is 8.33. The van der Waals surface area contributed by atoms with Crippen LogP contribution >= 0.6 is 0 Å². The molecule has 2 rings (SSSR count). The minimum atomic E-state index is -3.72. The molecule has 0 saturated heterocycles. The summed E-state index contributed by atoms with van der Waals surface area (Å²) in [5, 5.41) is 5.15. The van der Waals surface area contributed by atoms with Gasteiger partial charge >= 0.3 is 0 Å². The highest BCUT2D eigenvalue weighted by atomic mass is 32.2. The zero-order valence-corrected chi connectivity index (χ0v) is 12.7. The lowest BCUT2D eigenvalue weighted by molar-refractivity contribution is 0.598. The molecule has 0 bridgehead atoms. The maximum atomic E-state index is 11.4. The van der Waals surface area contributed by atoms with Gasteiger partial charge in [-0.15, -0.1) is 0 Å². The Hall–Kier alpha value is -2.05. The third-order valence-corrected chi connectivity index (χ3v) is 4.23. The number of nitrogens with two attached hydrogens (primary N) is 2. The van der Waals surface area contributed by atoms with E-state index in [1.807, 2.05) is 30.1 Å². The number of hydrogen-bond donors (Lipinski definition) is 2. The second-order valence-corrected chi connectivity index (χ2v) is 6.48. The third kappa shape index (κ3) is 3.96. The number of primary sulfonamides is 1. The Bertz CT molecular complexity index is 715. The summed E-state index contributed by atoms with van der Waals surface area (Å²) in [6.07, 6.45) is 0.844. The quantitative estimate of drug-likeness (QED) is 0.821. The van der Waals surface area contributed by atoms with E-state index in [2.05, 4.69) is 12.1 Å². The van der Waals surface area contributed by atoms with Gasteiger partial charge in [0, 0.05) is 13.6 Å². The molecule has 0 aliphatic heterocycles. The van der Waals surface area contributed by atoms with Crippen LogP contribution in [0.5, 0.6) is 0 Å². The van der Waals surface area contributed by atoms with Crippen LogP contribution in [0.15, 0.2) is 53.4 Å². The summed E-state index contributed by atoms with van der Waals surface area (Å²) in [4.78, 5) is 2.00. The predicted molar refractivity (Wildman–Crippen MR) is 85.6 cm³/mol. The van der Waals surface area contributed by atoms with E-state index in [4.69, 9.17) is 10.9 Å². The van der Waals surface area contributed by atoms with Crippen molar-refractivity contribution in [1.29, 1.82) is 0 Å². The lowest BCUT2D eigenvalue weighted by Gasteiger charge is -2.21. The Morgan fingerprint density at radius 2 is 1.76 bits per heavy atom.